The molecule has 1 heterocycles. The molecule has 0 aliphatic carbocycles. The first-order chi connectivity index (χ1) is 12.5. The number of carbonyl (C=O) groups is 3. The normalized spacial score (nSPS) is 11.9. The number of rotatable bonds is 7. The topological polar surface area (TPSA) is 78.9 Å². The number of ketones is 2. The van der Waals surface area contributed by atoms with Crippen LogP contribution in [0.4, 0.5) is 0 Å². The summed E-state index contributed by atoms with van der Waals surface area (Å²) in [5.74, 6) is -0.113. The van der Waals surface area contributed by atoms with Crippen LogP contribution in [0.3, 0.4) is 0 Å². The summed E-state index contributed by atoms with van der Waals surface area (Å²) in [6, 6.07) is 11.2. The first kappa shape index (κ1) is 17.9. The number of benzene rings is 2. The molecule has 7 heteroatoms. The number of hydrogen-bond acceptors (Lipinski definition) is 6. The maximum atomic E-state index is 12.1. The fourth-order valence-electron chi connectivity index (χ4n) is 2.37. The zero-order valence-corrected chi connectivity index (χ0v) is 14.5. The lowest BCUT2D eigenvalue weighted by molar-refractivity contribution is -0.142. The molecule has 0 saturated heterocycles. The maximum absolute atomic E-state index is 12.1. The van der Waals surface area contributed by atoms with Crippen molar-refractivity contribution in [3.8, 4) is 11.5 Å². The molecule has 1 aliphatic rings. The number of esters is 1. The zero-order valence-electron chi connectivity index (χ0n) is 13.7. The Labute approximate surface area is 154 Å². The molecule has 1 aliphatic heterocycles. The van der Waals surface area contributed by atoms with Gasteiger partial charge in [-0.1, -0.05) is 11.6 Å². The highest BCUT2D eigenvalue weighted by Crippen LogP contribution is 2.32. The molecule has 0 spiro atoms. The minimum absolute atomic E-state index is 0.00131. The molecule has 0 radical (unpaired) electrons. The smallest absolute Gasteiger partial charge is 0.306 e. The van der Waals surface area contributed by atoms with Gasteiger partial charge in [0.05, 0.1) is 6.42 Å². The Kier molecular flexibility index (Phi) is 5.53. The fraction of sp³-hybridized carbons (Fsp3) is 0.211. The van der Waals surface area contributed by atoms with Crippen molar-refractivity contribution in [1.29, 1.82) is 0 Å². The van der Waals surface area contributed by atoms with Gasteiger partial charge in [-0.05, 0) is 42.5 Å². The van der Waals surface area contributed by atoms with E-state index in [-0.39, 0.29) is 31.2 Å². The van der Waals surface area contributed by atoms with Crippen LogP contribution < -0.4 is 9.47 Å². The first-order valence-electron chi connectivity index (χ1n) is 7.90. The molecular formula is C19H15ClO6. The van der Waals surface area contributed by atoms with Gasteiger partial charge in [0.2, 0.25) is 6.79 Å². The average molecular weight is 375 g/mol. The molecule has 0 amide bonds. The van der Waals surface area contributed by atoms with Gasteiger partial charge in [0.15, 0.2) is 29.7 Å². The van der Waals surface area contributed by atoms with Crippen LogP contribution in [0.15, 0.2) is 42.5 Å². The lowest BCUT2D eigenvalue weighted by Crippen LogP contribution is -2.15. The summed E-state index contributed by atoms with van der Waals surface area (Å²) < 4.78 is 15.3. The molecule has 0 fully saturated rings. The molecule has 0 saturated carbocycles. The summed E-state index contributed by atoms with van der Waals surface area (Å²) >= 11 is 5.76. The van der Waals surface area contributed by atoms with Gasteiger partial charge in [0.25, 0.3) is 0 Å². The summed E-state index contributed by atoms with van der Waals surface area (Å²) in [7, 11) is 0. The van der Waals surface area contributed by atoms with E-state index in [1.807, 2.05) is 0 Å². The number of ether oxygens (including phenoxy) is 3. The van der Waals surface area contributed by atoms with E-state index in [0.717, 1.165) is 0 Å². The average Bonchev–Trinajstić information content (AvgIpc) is 3.12. The van der Waals surface area contributed by atoms with Gasteiger partial charge in [-0.15, -0.1) is 0 Å². The third-order valence-electron chi connectivity index (χ3n) is 3.78. The molecule has 2 aromatic rings. The summed E-state index contributed by atoms with van der Waals surface area (Å²) in [4.78, 5) is 35.8. The van der Waals surface area contributed by atoms with Crippen molar-refractivity contribution in [3.05, 3.63) is 58.6 Å². The van der Waals surface area contributed by atoms with Gasteiger partial charge >= 0.3 is 5.97 Å². The van der Waals surface area contributed by atoms with Crippen LogP contribution in [0.25, 0.3) is 0 Å². The molecule has 2 aromatic carbocycles. The van der Waals surface area contributed by atoms with Crippen LogP contribution in [0.5, 0.6) is 11.5 Å². The second-order valence-electron chi connectivity index (χ2n) is 5.58. The highest BCUT2D eigenvalue weighted by molar-refractivity contribution is 6.30. The molecule has 134 valence electrons. The number of halogens is 1. The highest BCUT2D eigenvalue weighted by Gasteiger charge is 2.17. The van der Waals surface area contributed by atoms with E-state index in [0.29, 0.717) is 27.6 Å². The Bertz CT molecular complexity index is 844. The van der Waals surface area contributed by atoms with Crippen LogP contribution in [-0.4, -0.2) is 30.9 Å². The monoisotopic (exact) mass is 374 g/mol. The van der Waals surface area contributed by atoms with Gasteiger partial charge in [-0.3, -0.25) is 14.4 Å². The van der Waals surface area contributed by atoms with Gasteiger partial charge in [0.1, 0.15) is 0 Å². The van der Waals surface area contributed by atoms with Crippen molar-refractivity contribution in [2.45, 2.75) is 12.8 Å². The number of hydrogen-bond donors (Lipinski definition) is 0. The Balaban J connectivity index is 1.45. The molecular weight excluding hydrogens is 360 g/mol. The molecule has 0 aromatic heterocycles. The minimum atomic E-state index is -0.610. The van der Waals surface area contributed by atoms with Crippen LogP contribution in [0.1, 0.15) is 33.6 Å². The number of fused-ring (bicyclic) bond motifs is 1. The largest absolute Gasteiger partial charge is 0.457 e. The lowest BCUT2D eigenvalue weighted by atomic mass is 10.1. The van der Waals surface area contributed by atoms with E-state index in [4.69, 9.17) is 25.8 Å². The predicted octanol–water partition coefficient (Wildman–Crippen LogP) is 3.46. The van der Waals surface area contributed by atoms with E-state index < -0.39 is 12.6 Å². The van der Waals surface area contributed by atoms with Gasteiger partial charge in [-0.25, -0.2) is 0 Å². The van der Waals surface area contributed by atoms with E-state index in [1.165, 1.54) is 0 Å². The Hall–Kier alpha value is -2.86. The summed E-state index contributed by atoms with van der Waals surface area (Å²) in [6.07, 6.45) is -0.103. The maximum Gasteiger partial charge on any atom is 0.306 e. The molecule has 0 atom stereocenters. The van der Waals surface area contributed by atoms with E-state index in [1.54, 1.807) is 42.5 Å². The van der Waals surface area contributed by atoms with Crippen molar-refractivity contribution >= 4 is 29.1 Å². The molecule has 6 nitrogen and oxygen atoms in total. The quantitative estimate of drug-likeness (QED) is 0.545. The highest BCUT2D eigenvalue weighted by atomic mass is 35.5. The van der Waals surface area contributed by atoms with Crippen molar-refractivity contribution in [2.75, 3.05) is 13.4 Å². The first-order valence-corrected chi connectivity index (χ1v) is 8.28. The Morgan fingerprint density at radius 2 is 1.58 bits per heavy atom. The lowest BCUT2D eigenvalue weighted by Gasteiger charge is -2.05. The number of Topliss-reactive ketones (excluding diaryl/α,β-unsaturated/α-hetero) is 2. The molecule has 26 heavy (non-hydrogen) atoms. The van der Waals surface area contributed by atoms with E-state index in [9.17, 15) is 14.4 Å². The molecule has 0 unspecified atom stereocenters. The predicted molar refractivity (Wildman–Crippen MR) is 92.9 cm³/mol. The molecule has 0 N–H and O–H groups in total. The van der Waals surface area contributed by atoms with Crippen molar-refractivity contribution in [1.82, 2.24) is 0 Å². The second kappa shape index (κ2) is 8.01. The summed E-state index contributed by atoms with van der Waals surface area (Å²) in [6.45, 7) is -0.281. The zero-order chi connectivity index (χ0) is 18.5. The van der Waals surface area contributed by atoms with Crippen molar-refractivity contribution in [3.63, 3.8) is 0 Å². The SMILES string of the molecule is O=C(CCC(=O)c1ccc(Cl)cc1)OCC(=O)c1ccc2c(c1)OCO2. The van der Waals surface area contributed by atoms with Gasteiger partial charge in [-0.2, -0.15) is 0 Å². The third kappa shape index (κ3) is 4.40. The van der Waals surface area contributed by atoms with Gasteiger partial charge in [0, 0.05) is 22.6 Å². The minimum Gasteiger partial charge on any atom is -0.457 e. The standard InChI is InChI=1S/C19H15ClO6/c20-14-4-1-12(2-5-14)15(21)6-8-19(23)24-10-16(22)13-3-7-17-18(9-13)26-11-25-17/h1-5,7,9H,6,8,10-11H2. The third-order valence-corrected chi connectivity index (χ3v) is 4.03. The summed E-state index contributed by atoms with van der Waals surface area (Å²) in [5.41, 5.74) is 0.831. The fourth-order valence-corrected chi connectivity index (χ4v) is 2.49. The van der Waals surface area contributed by atoms with E-state index in [2.05, 4.69) is 0 Å². The second-order valence-corrected chi connectivity index (χ2v) is 6.02. The molecule has 0 bridgehead atoms. The number of carbonyl (C=O) groups excluding carboxylic acids is 3. The Morgan fingerprint density at radius 3 is 2.35 bits per heavy atom. The molecule has 3 rings (SSSR count). The Morgan fingerprint density at radius 1 is 0.885 bits per heavy atom. The van der Waals surface area contributed by atoms with Crippen LogP contribution in [0.2, 0.25) is 5.02 Å². The van der Waals surface area contributed by atoms with Crippen LogP contribution in [-0.2, 0) is 9.53 Å². The van der Waals surface area contributed by atoms with E-state index >= 15 is 0 Å². The van der Waals surface area contributed by atoms with Crippen molar-refractivity contribution < 1.29 is 28.6 Å². The van der Waals surface area contributed by atoms with Crippen molar-refractivity contribution in [2.24, 2.45) is 0 Å². The van der Waals surface area contributed by atoms with Gasteiger partial charge < -0.3 is 14.2 Å². The van der Waals surface area contributed by atoms with Crippen LogP contribution >= 0.6 is 11.6 Å². The van der Waals surface area contributed by atoms with Crippen LogP contribution in [0, 0.1) is 0 Å². The summed E-state index contributed by atoms with van der Waals surface area (Å²) in [5, 5.41) is 0.531.